The molecule has 0 aliphatic carbocycles. The number of fused-ring (bicyclic) bond motifs is 1. The van der Waals surface area contributed by atoms with Crippen LogP contribution in [0.15, 0.2) is 12.1 Å². The second kappa shape index (κ2) is 8.69. The summed E-state index contributed by atoms with van der Waals surface area (Å²) in [7, 11) is -1.15. The van der Waals surface area contributed by atoms with E-state index >= 15 is 0 Å². The van der Waals surface area contributed by atoms with E-state index in [9.17, 15) is 9.82 Å². The summed E-state index contributed by atoms with van der Waals surface area (Å²) in [6, 6.07) is 5.38. The van der Waals surface area contributed by atoms with Gasteiger partial charge in [0.1, 0.15) is 24.4 Å². The second-order valence-corrected chi connectivity index (χ2v) is 7.72. The maximum atomic E-state index is 11.7. The van der Waals surface area contributed by atoms with Gasteiger partial charge in [-0.2, -0.15) is 5.26 Å². The van der Waals surface area contributed by atoms with Crippen LogP contribution in [0.5, 0.6) is 11.5 Å². The van der Waals surface area contributed by atoms with Crippen molar-refractivity contribution in [2.75, 3.05) is 19.8 Å². The number of alkyl carbamates (subject to hydrolysis) is 1. The molecule has 0 bridgehead atoms. The van der Waals surface area contributed by atoms with Gasteiger partial charge in [0.05, 0.1) is 19.2 Å². The summed E-state index contributed by atoms with van der Waals surface area (Å²) in [5, 5.41) is 21.7. The Hall–Kier alpha value is -2.48. The monoisotopic (exact) mass is 391 g/mol. The van der Waals surface area contributed by atoms with Crippen LogP contribution in [0.2, 0.25) is 0 Å². The first-order valence-electron chi connectivity index (χ1n) is 8.90. The Morgan fingerprint density at radius 3 is 2.75 bits per heavy atom. The summed E-state index contributed by atoms with van der Waals surface area (Å²) in [6.45, 7) is 7.33. The van der Waals surface area contributed by atoms with Gasteiger partial charge < -0.3 is 34.9 Å². The van der Waals surface area contributed by atoms with Crippen LogP contribution in [-0.2, 0) is 16.0 Å². The lowest BCUT2D eigenvalue weighted by Gasteiger charge is -2.21. The molecular weight excluding hydrogens is 365 g/mol. The van der Waals surface area contributed by atoms with Gasteiger partial charge in [-0.15, -0.1) is 0 Å². The molecule has 152 valence electrons. The van der Waals surface area contributed by atoms with Crippen LogP contribution in [0.25, 0.3) is 0 Å². The Kier molecular flexibility index (Phi) is 6.77. The molecule has 0 spiro atoms. The number of benzene rings is 1. The molecule has 2 rings (SSSR count). The van der Waals surface area contributed by atoms with E-state index in [1.165, 1.54) is 0 Å². The van der Waals surface area contributed by atoms with Crippen LogP contribution in [0.3, 0.4) is 0 Å². The number of ether oxygens (including phenoxy) is 3. The van der Waals surface area contributed by atoms with Crippen molar-refractivity contribution in [2.45, 2.75) is 45.4 Å². The molecule has 1 aliphatic heterocycles. The van der Waals surface area contributed by atoms with E-state index in [0.29, 0.717) is 17.0 Å². The maximum absolute atomic E-state index is 11.7. The summed E-state index contributed by atoms with van der Waals surface area (Å²) in [5.41, 5.74) is 5.26. The Morgan fingerprint density at radius 1 is 1.39 bits per heavy atom. The summed E-state index contributed by atoms with van der Waals surface area (Å²) < 4.78 is 21.8. The number of rotatable bonds is 7. The molecule has 1 aromatic carbocycles. The quantitative estimate of drug-likeness (QED) is 0.450. The minimum Gasteiger partial charge on any atom is -0.488 e. The number of nitrogens with one attached hydrogen (secondary N) is 1. The van der Waals surface area contributed by atoms with Crippen molar-refractivity contribution in [2.24, 2.45) is 5.73 Å². The Balaban J connectivity index is 2.06. The van der Waals surface area contributed by atoms with E-state index in [1.807, 2.05) is 6.07 Å². The highest BCUT2D eigenvalue weighted by molar-refractivity contribution is 6.62. The Bertz CT molecular complexity index is 757. The number of nitrogens with zero attached hydrogens (tertiary/aromatic N) is 1. The third-order valence-corrected chi connectivity index (χ3v) is 3.69. The van der Waals surface area contributed by atoms with Gasteiger partial charge in [0.15, 0.2) is 11.5 Å². The zero-order valence-corrected chi connectivity index (χ0v) is 16.6. The first-order valence-corrected chi connectivity index (χ1v) is 8.90. The number of carbonyl (C=O) groups is 1. The zero-order valence-electron chi connectivity index (χ0n) is 16.6. The molecule has 28 heavy (non-hydrogen) atoms. The molecule has 10 heteroatoms. The first-order chi connectivity index (χ1) is 13.0. The molecule has 0 radical (unpaired) electrons. The molecule has 1 aliphatic rings. The molecule has 0 saturated heterocycles. The lowest BCUT2D eigenvalue weighted by atomic mass is 9.78. The first kappa shape index (κ1) is 21.8. The lowest BCUT2D eigenvalue weighted by molar-refractivity contribution is 0.0520. The molecule has 1 unspecified atom stereocenters. The minimum absolute atomic E-state index is 0.0637. The molecule has 1 heterocycles. The average molecular weight is 391 g/mol. The van der Waals surface area contributed by atoms with Crippen LogP contribution in [0.4, 0.5) is 4.79 Å². The van der Waals surface area contributed by atoms with Crippen molar-refractivity contribution >= 4 is 18.7 Å². The van der Waals surface area contributed by atoms with Gasteiger partial charge in [0.2, 0.25) is 0 Å². The summed E-state index contributed by atoms with van der Waals surface area (Å²) >= 11 is 0. The number of amides is 1. The van der Waals surface area contributed by atoms with Gasteiger partial charge in [-0.25, -0.2) is 4.79 Å². The van der Waals surface area contributed by atoms with E-state index in [0.717, 1.165) is 5.56 Å². The van der Waals surface area contributed by atoms with Gasteiger partial charge in [-0.1, -0.05) is 6.07 Å². The Labute approximate surface area is 164 Å². The van der Waals surface area contributed by atoms with Crippen LogP contribution >= 0.6 is 0 Å². The van der Waals surface area contributed by atoms with Crippen LogP contribution in [-0.4, -0.2) is 49.1 Å². The highest BCUT2D eigenvalue weighted by atomic mass is 16.6. The number of nitrogens with two attached hydrogens (primary N) is 1. The molecule has 4 N–H and O–H groups in total. The number of nitriles is 1. The van der Waals surface area contributed by atoms with Gasteiger partial charge in [-0.3, -0.25) is 0 Å². The normalized spacial score (nSPS) is 15.2. The predicted molar refractivity (Wildman–Crippen MR) is 102 cm³/mol. The molecule has 9 nitrogen and oxygen atoms in total. The highest BCUT2D eigenvalue weighted by Crippen LogP contribution is 2.30. The molecule has 1 atom stereocenters. The number of carbonyl (C=O) groups excluding carboxylic acids is 1. The number of hydrogen-bond donors (Lipinski definition) is 3. The highest BCUT2D eigenvalue weighted by Gasteiger charge is 2.34. The SMILES string of the molecule is CC(N)(C#N)COc1ccc2c(c1OCCNC(=O)OC(C)(C)C)B(O)OC2. The van der Waals surface area contributed by atoms with Crippen LogP contribution in [0.1, 0.15) is 33.3 Å². The van der Waals surface area contributed by atoms with Gasteiger partial charge in [0, 0.05) is 5.46 Å². The topological polar surface area (TPSA) is 136 Å². The van der Waals surface area contributed by atoms with E-state index in [1.54, 1.807) is 39.8 Å². The van der Waals surface area contributed by atoms with Gasteiger partial charge >= 0.3 is 13.2 Å². The fourth-order valence-electron chi connectivity index (χ4n) is 2.41. The van der Waals surface area contributed by atoms with E-state index in [-0.39, 0.29) is 26.4 Å². The van der Waals surface area contributed by atoms with Crippen molar-refractivity contribution in [1.82, 2.24) is 5.32 Å². The molecule has 0 aromatic heterocycles. The molecular formula is C18H26BN3O6. The minimum atomic E-state index is -1.18. The van der Waals surface area contributed by atoms with Crippen molar-refractivity contribution < 1.29 is 28.7 Å². The fraction of sp³-hybridized carbons (Fsp3) is 0.556. The van der Waals surface area contributed by atoms with E-state index in [2.05, 4.69) is 5.32 Å². The Morgan fingerprint density at radius 2 is 2.11 bits per heavy atom. The second-order valence-electron chi connectivity index (χ2n) is 7.72. The molecule has 0 saturated carbocycles. The summed E-state index contributed by atoms with van der Waals surface area (Å²) in [6.07, 6.45) is -0.554. The molecule has 0 fully saturated rings. The summed E-state index contributed by atoms with van der Waals surface area (Å²) in [5.74, 6) is 0.620. The summed E-state index contributed by atoms with van der Waals surface area (Å²) in [4.78, 5) is 11.7. The van der Waals surface area contributed by atoms with Crippen molar-refractivity contribution in [3.8, 4) is 17.6 Å². The number of hydrogen-bond acceptors (Lipinski definition) is 8. The smallest absolute Gasteiger partial charge is 0.488 e. The standard InChI is InChI=1S/C18H26BN3O6/c1-17(2,3)28-16(23)22-7-8-25-15-13(26-11-18(4,21)10-20)6-5-12-9-27-19(24)14(12)15/h5-6,24H,7-9,11,21H2,1-4H3,(H,22,23). The van der Waals surface area contributed by atoms with Crippen molar-refractivity contribution in [1.29, 1.82) is 5.26 Å². The zero-order chi connectivity index (χ0) is 20.9. The largest absolute Gasteiger partial charge is 0.495 e. The average Bonchev–Trinajstić information content (AvgIpc) is 2.97. The van der Waals surface area contributed by atoms with Gasteiger partial charge in [0.25, 0.3) is 0 Å². The fourth-order valence-corrected chi connectivity index (χ4v) is 2.41. The maximum Gasteiger partial charge on any atom is 0.495 e. The third-order valence-electron chi connectivity index (χ3n) is 3.69. The van der Waals surface area contributed by atoms with Crippen LogP contribution in [0, 0.1) is 11.3 Å². The van der Waals surface area contributed by atoms with E-state index in [4.69, 9.17) is 29.9 Å². The molecule has 1 aromatic rings. The molecule has 1 amide bonds. The predicted octanol–water partition coefficient (Wildman–Crippen LogP) is 0.428. The van der Waals surface area contributed by atoms with Crippen molar-refractivity contribution in [3.05, 3.63) is 17.7 Å². The van der Waals surface area contributed by atoms with Gasteiger partial charge in [-0.05, 0) is 39.3 Å². The van der Waals surface area contributed by atoms with Crippen molar-refractivity contribution in [3.63, 3.8) is 0 Å². The lowest BCUT2D eigenvalue weighted by Crippen LogP contribution is -2.41. The van der Waals surface area contributed by atoms with E-state index < -0.39 is 24.4 Å². The van der Waals surface area contributed by atoms with Crippen LogP contribution < -0.4 is 26.0 Å². The third kappa shape index (κ3) is 6.02.